The third-order valence-corrected chi connectivity index (χ3v) is 4.67. The van der Waals surface area contributed by atoms with Crippen molar-refractivity contribution < 1.29 is 5.11 Å². The molecule has 15 heavy (non-hydrogen) atoms. The van der Waals surface area contributed by atoms with Crippen LogP contribution in [0.15, 0.2) is 0 Å². The van der Waals surface area contributed by atoms with Crippen LogP contribution in [0.1, 0.15) is 39.0 Å². The minimum Gasteiger partial charge on any atom is -0.377 e. The second kappa shape index (κ2) is 3.50. The van der Waals surface area contributed by atoms with Crippen LogP contribution < -0.4 is 0 Å². The molecule has 1 N–H and O–H groups in total. The summed E-state index contributed by atoms with van der Waals surface area (Å²) in [7, 11) is 2.16. The van der Waals surface area contributed by atoms with E-state index in [2.05, 4.69) is 24.8 Å². The number of aliphatic hydroxyl groups is 1. The summed E-state index contributed by atoms with van der Waals surface area (Å²) >= 11 is 0. The van der Waals surface area contributed by atoms with E-state index in [1.807, 2.05) is 0 Å². The number of piperidine rings is 1. The fourth-order valence-corrected chi connectivity index (χ4v) is 3.60. The summed E-state index contributed by atoms with van der Waals surface area (Å²) in [4.78, 5) is 2.38. The molecule has 1 unspecified atom stereocenters. The molecule has 1 aliphatic carbocycles. The predicted octanol–water partition coefficient (Wildman–Crippen LogP) is 1.64. The zero-order valence-electron chi connectivity index (χ0n) is 9.79. The van der Waals surface area contributed by atoms with Gasteiger partial charge in [0.05, 0.1) is 0 Å². The van der Waals surface area contributed by atoms with E-state index >= 15 is 0 Å². The van der Waals surface area contributed by atoms with Crippen LogP contribution in [0, 0.1) is 17.8 Å². The van der Waals surface area contributed by atoms with Gasteiger partial charge in [-0.1, -0.05) is 12.8 Å². The molecule has 2 nitrogen and oxygen atoms in total. The minimum atomic E-state index is -0.884. The highest BCUT2D eigenvalue weighted by Gasteiger charge is 2.55. The number of hydrogen-bond donors (Lipinski definition) is 1. The summed E-state index contributed by atoms with van der Waals surface area (Å²) in [6.07, 6.45) is 10.8. The first kappa shape index (κ1) is 11.0. The van der Waals surface area contributed by atoms with Gasteiger partial charge in [0.25, 0.3) is 0 Å². The average molecular weight is 207 g/mol. The highest BCUT2D eigenvalue weighted by Crippen LogP contribution is 2.50. The van der Waals surface area contributed by atoms with Crippen LogP contribution in [0.5, 0.6) is 0 Å². The lowest BCUT2D eigenvalue weighted by atomic mass is 9.58. The first-order valence-corrected chi connectivity index (χ1v) is 5.94. The first-order valence-electron chi connectivity index (χ1n) is 5.94. The maximum Gasteiger partial charge on any atom is 0.132 e. The second-order valence-electron chi connectivity index (χ2n) is 5.41. The largest absolute Gasteiger partial charge is 0.377 e. The molecular weight excluding hydrogens is 186 g/mol. The average Bonchev–Trinajstić information content (AvgIpc) is 2.21. The van der Waals surface area contributed by atoms with E-state index < -0.39 is 5.60 Å². The van der Waals surface area contributed by atoms with Gasteiger partial charge in [0.1, 0.15) is 5.60 Å². The fourth-order valence-electron chi connectivity index (χ4n) is 3.60. The molecule has 1 saturated carbocycles. The molecule has 0 aromatic rings. The van der Waals surface area contributed by atoms with Crippen molar-refractivity contribution in [2.24, 2.45) is 5.41 Å². The van der Waals surface area contributed by atoms with Crippen LogP contribution in [0.4, 0.5) is 0 Å². The number of terminal acetylenes is 1. The molecule has 0 aromatic carbocycles. The lowest BCUT2D eigenvalue weighted by Crippen LogP contribution is -2.62. The summed E-state index contributed by atoms with van der Waals surface area (Å²) in [6, 6.07) is 0.459. The Balaban J connectivity index is 2.35. The summed E-state index contributed by atoms with van der Waals surface area (Å²) in [5.41, 5.74) is -0.988. The molecule has 3 atom stereocenters. The molecule has 2 aliphatic rings. The fraction of sp³-hybridized carbons (Fsp3) is 0.846. The Bertz CT molecular complexity index is 295. The summed E-state index contributed by atoms with van der Waals surface area (Å²) in [5.74, 6) is 2.67. The molecule has 1 saturated heterocycles. The molecule has 1 aliphatic heterocycles. The molecule has 0 aromatic heterocycles. The van der Waals surface area contributed by atoms with Crippen LogP contribution in [-0.4, -0.2) is 35.2 Å². The van der Waals surface area contributed by atoms with E-state index in [1.54, 1.807) is 0 Å². The van der Waals surface area contributed by atoms with Gasteiger partial charge in [0.2, 0.25) is 0 Å². The van der Waals surface area contributed by atoms with E-state index in [4.69, 9.17) is 6.42 Å². The van der Waals surface area contributed by atoms with E-state index in [0.717, 1.165) is 32.2 Å². The van der Waals surface area contributed by atoms with E-state index in [1.165, 1.54) is 6.42 Å². The van der Waals surface area contributed by atoms with Crippen LogP contribution in [0.2, 0.25) is 0 Å². The second-order valence-corrected chi connectivity index (χ2v) is 5.41. The van der Waals surface area contributed by atoms with Crippen LogP contribution in [0.25, 0.3) is 0 Å². The SMILES string of the molecule is C#C[C@@]1(O)CCCC2N(C)CCC[C@@]21C. The third-order valence-electron chi connectivity index (χ3n) is 4.67. The van der Waals surface area contributed by atoms with Crippen LogP contribution >= 0.6 is 0 Å². The van der Waals surface area contributed by atoms with Gasteiger partial charge in [-0.25, -0.2) is 0 Å². The molecule has 0 bridgehead atoms. The standard InChI is InChI=1S/C13H21NO/c1-4-13(15)9-5-7-11-12(13,2)8-6-10-14(11)3/h1,11,15H,5-10H2,2-3H3/t11?,12-,13+/m0/s1. The van der Waals surface area contributed by atoms with Gasteiger partial charge in [-0.3, -0.25) is 0 Å². The van der Waals surface area contributed by atoms with Gasteiger partial charge in [0.15, 0.2) is 0 Å². The first-order chi connectivity index (χ1) is 7.03. The maximum absolute atomic E-state index is 10.6. The molecule has 2 rings (SSSR count). The Morgan fingerprint density at radius 3 is 2.80 bits per heavy atom. The predicted molar refractivity (Wildman–Crippen MR) is 61.4 cm³/mol. The highest BCUT2D eigenvalue weighted by molar-refractivity contribution is 5.21. The lowest BCUT2D eigenvalue weighted by molar-refractivity contribution is -0.127. The van der Waals surface area contributed by atoms with Crippen LogP contribution in [-0.2, 0) is 0 Å². The number of rotatable bonds is 0. The number of nitrogens with zero attached hydrogens (tertiary/aromatic N) is 1. The van der Waals surface area contributed by atoms with Crippen molar-refractivity contribution in [2.75, 3.05) is 13.6 Å². The maximum atomic E-state index is 10.6. The summed E-state index contributed by atoms with van der Waals surface area (Å²) < 4.78 is 0. The van der Waals surface area contributed by atoms with Crippen LogP contribution in [0.3, 0.4) is 0 Å². The Hall–Kier alpha value is -0.520. The van der Waals surface area contributed by atoms with E-state index in [0.29, 0.717) is 6.04 Å². The Morgan fingerprint density at radius 2 is 2.13 bits per heavy atom. The number of hydrogen-bond acceptors (Lipinski definition) is 2. The topological polar surface area (TPSA) is 23.5 Å². The molecule has 0 amide bonds. The Morgan fingerprint density at radius 1 is 1.40 bits per heavy atom. The minimum absolute atomic E-state index is 0.104. The van der Waals surface area contributed by atoms with Crippen molar-refractivity contribution >= 4 is 0 Å². The summed E-state index contributed by atoms with van der Waals surface area (Å²) in [6.45, 7) is 3.31. The van der Waals surface area contributed by atoms with Crippen molar-refractivity contribution in [3.05, 3.63) is 0 Å². The van der Waals surface area contributed by atoms with Crippen molar-refractivity contribution in [1.82, 2.24) is 4.90 Å². The molecule has 0 spiro atoms. The third kappa shape index (κ3) is 1.41. The molecule has 2 heteroatoms. The Kier molecular flexibility index (Phi) is 2.56. The number of fused-ring (bicyclic) bond motifs is 1. The van der Waals surface area contributed by atoms with Gasteiger partial charge in [-0.05, 0) is 45.7 Å². The van der Waals surface area contributed by atoms with Crippen molar-refractivity contribution in [3.8, 4) is 12.3 Å². The number of likely N-dealkylation sites (tertiary alicyclic amines) is 1. The van der Waals surface area contributed by atoms with E-state index in [9.17, 15) is 5.11 Å². The smallest absolute Gasteiger partial charge is 0.132 e. The lowest BCUT2D eigenvalue weighted by Gasteiger charge is -2.56. The zero-order chi connectivity index (χ0) is 11.1. The van der Waals surface area contributed by atoms with Crippen molar-refractivity contribution in [2.45, 2.75) is 50.7 Å². The van der Waals surface area contributed by atoms with Gasteiger partial charge in [0, 0.05) is 11.5 Å². The molecular formula is C13H21NO. The van der Waals surface area contributed by atoms with Crippen molar-refractivity contribution in [1.29, 1.82) is 0 Å². The normalized spacial score (nSPS) is 46.9. The van der Waals surface area contributed by atoms with Gasteiger partial charge < -0.3 is 10.0 Å². The molecule has 84 valence electrons. The molecule has 0 radical (unpaired) electrons. The van der Waals surface area contributed by atoms with Gasteiger partial charge in [-0.2, -0.15) is 0 Å². The monoisotopic (exact) mass is 207 g/mol. The molecule has 2 fully saturated rings. The quantitative estimate of drug-likeness (QED) is 0.610. The van der Waals surface area contributed by atoms with Gasteiger partial charge >= 0.3 is 0 Å². The highest BCUT2D eigenvalue weighted by atomic mass is 16.3. The molecule has 1 heterocycles. The van der Waals surface area contributed by atoms with Crippen molar-refractivity contribution in [3.63, 3.8) is 0 Å². The Labute approximate surface area is 92.7 Å². The van der Waals surface area contributed by atoms with E-state index in [-0.39, 0.29) is 5.41 Å². The zero-order valence-corrected chi connectivity index (χ0v) is 9.79. The summed E-state index contributed by atoms with van der Waals surface area (Å²) in [5, 5.41) is 10.6. The van der Waals surface area contributed by atoms with Gasteiger partial charge in [-0.15, -0.1) is 6.42 Å².